The fraction of sp³-hybridized carbons (Fsp3) is 0.623. The van der Waals surface area contributed by atoms with Gasteiger partial charge in [-0.2, -0.15) is 0 Å². The van der Waals surface area contributed by atoms with Gasteiger partial charge in [0, 0.05) is 19.3 Å². The van der Waals surface area contributed by atoms with Gasteiger partial charge in [0.1, 0.15) is 13.2 Å². The zero-order valence-electron chi connectivity index (χ0n) is 53.7. The van der Waals surface area contributed by atoms with Crippen LogP contribution in [0.3, 0.4) is 0 Å². The number of rotatable bonds is 60. The van der Waals surface area contributed by atoms with E-state index < -0.39 is 6.10 Å². The van der Waals surface area contributed by atoms with Gasteiger partial charge in [0.2, 0.25) is 0 Å². The van der Waals surface area contributed by atoms with Gasteiger partial charge in [0.25, 0.3) is 0 Å². The average molecular weight is 1150 g/mol. The topological polar surface area (TPSA) is 78.9 Å². The Kier molecular flexibility index (Phi) is 65.4. The minimum Gasteiger partial charge on any atom is -0.462 e. The van der Waals surface area contributed by atoms with Crippen molar-refractivity contribution in [2.45, 2.75) is 297 Å². The first-order valence-electron chi connectivity index (χ1n) is 34.0. The molecule has 0 radical (unpaired) electrons. The van der Waals surface area contributed by atoms with Gasteiger partial charge in [-0.25, -0.2) is 0 Å². The van der Waals surface area contributed by atoms with E-state index in [0.717, 1.165) is 154 Å². The van der Waals surface area contributed by atoms with Crippen LogP contribution in [0, 0.1) is 0 Å². The highest BCUT2D eigenvalue weighted by molar-refractivity contribution is 5.71. The van der Waals surface area contributed by atoms with E-state index in [-0.39, 0.29) is 37.5 Å². The Morgan fingerprint density at radius 3 is 0.759 bits per heavy atom. The van der Waals surface area contributed by atoms with Crippen molar-refractivity contribution < 1.29 is 28.6 Å². The van der Waals surface area contributed by atoms with E-state index in [4.69, 9.17) is 14.2 Å². The van der Waals surface area contributed by atoms with Crippen LogP contribution in [0.1, 0.15) is 290 Å². The minimum absolute atomic E-state index is 0.0987. The fourth-order valence-corrected chi connectivity index (χ4v) is 8.96. The van der Waals surface area contributed by atoms with Crippen molar-refractivity contribution in [3.05, 3.63) is 158 Å². The molecule has 0 aliphatic rings. The zero-order valence-corrected chi connectivity index (χ0v) is 53.7. The quantitative estimate of drug-likeness (QED) is 0.0261. The normalized spacial score (nSPS) is 13.1. The van der Waals surface area contributed by atoms with E-state index in [9.17, 15) is 14.4 Å². The first kappa shape index (κ1) is 78.0. The summed E-state index contributed by atoms with van der Waals surface area (Å²) in [5, 5.41) is 0. The van der Waals surface area contributed by atoms with E-state index in [0.29, 0.717) is 12.8 Å². The largest absolute Gasteiger partial charge is 0.462 e. The van der Waals surface area contributed by atoms with Crippen LogP contribution in [-0.2, 0) is 28.6 Å². The van der Waals surface area contributed by atoms with Crippen LogP contribution in [0.15, 0.2) is 158 Å². The number of unbranched alkanes of at least 4 members (excludes halogenated alkanes) is 23. The van der Waals surface area contributed by atoms with Crippen molar-refractivity contribution in [1.29, 1.82) is 0 Å². The summed E-state index contributed by atoms with van der Waals surface area (Å²) in [6, 6.07) is 0. The first-order chi connectivity index (χ1) is 41.0. The van der Waals surface area contributed by atoms with Gasteiger partial charge in [0.15, 0.2) is 6.10 Å². The lowest BCUT2D eigenvalue weighted by molar-refractivity contribution is -0.167. The molecule has 0 aliphatic heterocycles. The second-order valence-corrected chi connectivity index (χ2v) is 22.0. The third kappa shape index (κ3) is 67.7. The van der Waals surface area contributed by atoms with Crippen LogP contribution in [0.2, 0.25) is 0 Å². The Balaban J connectivity index is 4.24. The fourth-order valence-electron chi connectivity index (χ4n) is 8.96. The Labute approximate surface area is 511 Å². The molecule has 0 bridgehead atoms. The smallest absolute Gasteiger partial charge is 0.306 e. The molecule has 0 aliphatic carbocycles. The van der Waals surface area contributed by atoms with Crippen LogP contribution >= 0.6 is 0 Å². The number of carbonyl (C=O) groups is 3. The molecule has 0 aromatic carbocycles. The van der Waals surface area contributed by atoms with Crippen LogP contribution in [0.5, 0.6) is 0 Å². The van der Waals surface area contributed by atoms with E-state index in [2.05, 4.69) is 179 Å². The van der Waals surface area contributed by atoms with E-state index >= 15 is 0 Å². The van der Waals surface area contributed by atoms with Crippen molar-refractivity contribution in [2.24, 2.45) is 0 Å². The summed E-state index contributed by atoms with van der Waals surface area (Å²) in [5.74, 6) is -0.942. The third-order valence-corrected chi connectivity index (χ3v) is 14.0. The van der Waals surface area contributed by atoms with E-state index in [1.807, 2.05) is 0 Å². The summed E-state index contributed by atoms with van der Waals surface area (Å²) in [6.07, 6.45) is 101. The molecule has 0 saturated heterocycles. The molecule has 0 aromatic rings. The maximum atomic E-state index is 12.9. The molecule has 0 amide bonds. The van der Waals surface area contributed by atoms with E-state index in [1.54, 1.807) is 0 Å². The number of hydrogen-bond acceptors (Lipinski definition) is 6. The first-order valence-corrected chi connectivity index (χ1v) is 34.0. The number of ether oxygens (including phenoxy) is 3. The highest BCUT2D eigenvalue weighted by Gasteiger charge is 2.19. The predicted octanol–water partition coefficient (Wildman–Crippen LogP) is 23.7. The SMILES string of the molecule is CC/C=C\C/C=C\C/C=C\C/C=C\C/C=C\C/C=C\C/C=C\CCCCCCCCCCCCCCCC(=O)OCC(COC(=O)CCCCCCC/C=C\CCCC)OC(=O)CCCCC/C=C\C/C=C\C/C=C\C/C=C\C/C=C\CC. The lowest BCUT2D eigenvalue weighted by Crippen LogP contribution is -2.30. The molecule has 0 aromatic heterocycles. The molecule has 1 unspecified atom stereocenters. The predicted molar refractivity (Wildman–Crippen MR) is 362 cm³/mol. The van der Waals surface area contributed by atoms with E-state index in [1.165, 1.54) is 96.3 Å². The molecule has 83 heavy (non-hydrogen) atoms. The van der Waals surface area contributed by atoms with Gasteiger partial charge in [-0.3, -0.25) is 14.4 Å². The third-order valence-electron chi connectivity index (χ3n) is 14.0. The summed E-state index contributed by atoms with van der Waals surface area (Å²) in [6.45, 7) is 6.34. The minimum atomic E-state index is -0.805. The van der Waals surface area contributed by atoms with Crippen molar-refractivity contribution in [1.82, 2.24) is 0 Å². The average Bonchev–Trinajstić information content (AvgIpc) is 3.48. The van der Waals surface area contributed by atoms with Crippen molar-refractivity contribution in [3.8, 4) is 0 Å². The van der Waals surface area contributed by atoms with Crippen molar-refractivity contribution in [2.75, 3.05) is 13.2 Å². The lowest BCUT2D eigenvalue weighted by atomic mass is 10.0. The number of esters is 3. The molecule has 0 heterocycles. The molecule has 0 spiro atoms. The van der Waals surface area contributed by atoms with Gasteiger partial charge in [-0.1, -0.05) is 288 Å². The second kappa shape index (κ2) is 69.5. The van der Waals surface area contributed by atoms with Crippen LogP contribution < -0.4 is 0 Å². The molecule has 0 fully saturated rings. The second-order valence-electron chi connectivity index (χ2n) is 22.0. The maximum absolute atomic E-state index is 12.9. The van der Waals surface area contributed by atoms with Gasteiger partial charge < -0.3 is 14.2 Å². The van der Waals surface area contributed by atoms with Gasteiger partial charge >= 0.3 is 17.9 Å². The summed E-state index contributed by atoms with van der Waals surface area (Å²) < 4.78 is 16.9. The molecule has 468 valence electrons. The summed E-state index contributed by atoms with van der Waals surface area (Å²) in [5.41, 5.74) is 0. The van der Waals surface area contributed by atoms with Gasteiger partial charge in [0.05, 0.1) is 0 Å². The number of carbonyl (C=O) groups excluding carboxylic acids is 3. The molecule has 6 heteroatoms. The zero-order chi connectivity index (χ0) is 59.9. The number of allylic oxidation sites excluding steroid dienone is 26. The molecule has 0 N–H and O–H groups in total. The van der Waals surface area contributed by atoms with Crippen LogP contribution in [-0.4, -0.2) is 37.2 Å². The molecule has 1 atom stereocenters. The Bertz CT molecular complexity index is 1840. The number of hydrogen-bond donors (Lipinski definition) is 0. The van der Waals surface area contributed by atoms with Crippen molar-refractivity contribution in [3.63, 3.8) is 0 Å². The highest BCUT2D eigenvalue weighted by atomic mass is 16.6. The van der Waals surface area contributed by atoms with Gasteiger partial charge in [-0.05, 0) is 141 Å². The highest BCUT2D eigenvalue weighted by Crippen LogP contribution is 2.16. The summed E-state index contributed by atoms with van der Waals surface area (Å²) >= 11 is 0. The lowest BCUT2D eigenvalue weighted by Gasteiger charge is -2.18. The molecular formula is C77H124O6. The standard InChI is InChI=1S/C77H124O6/c1-4-7-10-13-16-19-22-24-26-28-30-31-32-33-34-35-36-37-38-39-40-41-42-43-44-45-47-48-50-52-55-58-61-64-67-70-76(79)82-73-74(72-81-75(78)69-66-63-60-57-54-21-18-15-12-9-6-3)83-77(80)71-68-65-62-59-56-53-51-49-46-29-27-25-23-20-17-14-11-8-5-2/h7-8,10-11,15-20,24-27,30-31,33-34,36-37,39-40,46,49,53,56,74H,4-6,9,12-14,21-23,28-29,32,35,38,41-45,47-48,50-52,54-55,57-73H2,1-3H3/b10-7-,11-8-,18-15-,19-16-,20-17-,26-24-,27-25-,31-30-,34-33-,37-36-,40-39-,49-46-,56-53-. The Hall–Kier alpha value is -4.97. The molecule has 0 rings (SSSR count). The van der Waals surface area contributed by atoms with Crippen molar-refractivity contribution >= 4 is 17.9 Å². The molecular weight excluding hydrogens is 1020 g/mol. The van der Waals surface area contributed by atoms with Gasteiger partial charge in [-0.15, -0.1) is 0 Å². The maximum Gasteiger partial charge on any atom is 0.306 e. The monoisotopic (exact) mass is 1140 g/mol. The van der Waals surface area contributed by atoms with Crippen LogP contribution in [0.25, 0.3) is 0 Å². The summed E-state index contributed by atoms with van der Waals surface area (Å²) in [7, 11) is 0. The van der Waals surface area contributed by atoms with Crippen LogP contribution in [0.4, 0.5) is 0 Å². The molecule has 0 saturated carbocycles. The molecule has 6 nitrogen and oxygen atoms in total. The Morgan fingerprint density at radius 2 is 0.470 bits per heavy atom. The summed E-state index contributed by atoms with van der Waals surface area (Å²) in [4.78, 5) is 38.3. The Morgan fingerprint density at radius 1 is 0.253 bits per heavy atom.